The fourth-order valence-corrected chi connectivity index (χ4v) is 2.23. The Bertz CT molecular complexity index is 345. The molecule has 1 aliphatic rings. The number of carbonyl (C=O) groups excluding carboxylic acids is 3. The molecule has 0 radical (unpaired) electrons. The van der Waals surface area contributed by atoms with Crippen LogP contribution < -0.4 is 10.6 Å². The third-order valence-electron chi connectivity index (χ3n) is 3.36. The second-order valence-electron chi connectivity index (χ2n) is 5.76. The fraction of sp³-hybridized carbons (Fsp3) is 0.786. The molecule has 1 unspecified atom stereocenters. The van der Waals surface area contributed by atoms with Gasteiger partial charge in [0.15, 0.2) is 0 Å². The quantitative estimate of drug-likeness (QED) is 0.706. The van der Waals surface area contributed by atoms with Crippen molar-refractivity contribution in [3.8, 4) is 0 Å². The van der Waals surface area contributed by atoms with Crippen molar-refractivity contribution in [2.24, 2.45) is 11.8 Å². The maximum Gasteiger partial charge on any atom is 0.321 e. The van der Waals surface area contributed by atoms with Crippen molar-refractivity contribution in [2.75, 3.05) is 26.2 Å². The maximum atomic E-state index is 11.7. The number of nitrogens with one attached hydrogen (secondary N) is 2. The lowest BCUT2D eigenvalue weighted by Crippen LogP contribution is -2.47. The first-order valence-electron chi connectivity index (χ1n) is 7.26. The minimum absolute atomic E-state index is 0.0106. The van der Waals surface area contributed by atoms with Crippen molar-refractivity contribution in [3.05, 3.63) is 0 Å². The molecule has 1 saturated heterocycles. The monoisotopic (exact) mass is 283 g/mol. The summed E-state index contributed by atoms with van der Waals surface area (Å²) in [5.41, 5.74) is 0. The van der Waals surface area contributed by atoms with Gasteiger partial charge in [0.25, 0.3) is 0 Å². The van der Waals surface area contributed by atoms with E-state index in [1.165, 1.54) is 0 Å². The molecular weight excluding hydrogens is 258 g/mol. The number of amides is 3. The van der Waals surface area contributed by atoms with Crippen molar-refractivity contribution < 1.29 is 14.4 Å². The summed E-state index contributed by atoms with van der Waals surface area (Å²) in [6.45, 7) is 6.28. The Labute approximate surface area is 120 Å². The Morgan fingerprint density at radius 3 is 2.80 bits per heavy atom. The summed E-state index contributed by atoms with van der Waals surface area (Å²) in [6, 6.07) is -0.445. The number of piperidine rings is 1. The van der Waals surface area contributed by atoms with Crippen molar-refractivity contribution in [1.82, 2.24) is 15.5 Å². The second-order valence-corrected chi connectivity index (χ2v) is 5.76. The molecule has 6 heteroatoms. The smallest absolute Gasteiger partial charge is 0.321 e. The predicted octanol–water partition coefficient (Wildman–Crippen LogP) is 0.769. The largest absolute Gasteiger partial charge is 0.338 e. The van der Waals surface area contributed by atoms with Crippen molar-refractivity contribution >= 4 is 18.2 Å². The first-order valence-corrected chi connectivity index (χ1v) is 7.26. The van der Waals surface area contributed by atoms with Crippen LogP contribution in [0.3, 0.4) is 0 Å². The Morgan fingerprint density at radius 2 is 2.15 bits per heavy atom. The first kappa shape index (κ1) is 16.6. The van der Waals surface area contributed by atoms with Gasteiger partial charge in [0, 0.05) is 19.0 Å². The van der Waals surface area contributed by atoms with E-state index in [1.54, 1.807) is 0 Å². The summed E-state index contributed by atoms with van der Waals surface area (Å²) in [7, 11) is 0. The van der Waals surface area contributed by atoms with Gasteiger partial charge in [-0.15, -0.1) is 0 Å². The van der Waals surface area contributed by atoms with E-state index >= 15 is 0 Å². The van der Waals surface area contributed by atoms with E-state index in [0.717, 1.165) is 32.1 Å². The second kappa shape index (κ2) is 8.68. The highest BCUT2D eigenvalue weighted by Gasteiger charge is 2.21. The summed E-state index contributed by atoms with van der Waals surface area (Å²) in [4.78, 5) is 35.9. The molecule has 20 heavy (non-hydrogen) atoms. The van der Waals surface area contributed by atoms with Crippen LogP contribution in [0.2, 0.25) is 0 Å². The van der Waals surface area contributed by atoms with E-state index < -0.39 is 6.03 Å². The first-order chi connectivity index (χ1) is 9.51. The van der Waals surface area contributed by atoms with E-state index in [-0.39, 0.29) is 18.4 Å². The lowest BCUT2D eigenvalue weighted by Gasteiger charge is -2.29. The third-order valence-corrected chi connectivity index (χ3v) is 3.36. The molecule has 114 valence electrons. The lowest BCUT2D eigenvalue weighted by atomic mass is 10.00. The van der Waals surface area contributed by atoms with E-state index in [0.29, 0.717) is 19.0 Å². The topological polar surface area (TPSA) is 78.5 Å². The zero-order valence-electron chi connectivity index (χ0n) is 12.4. The fourth-order valence-electron chi connectivity index (χ4n) is 2.23. The Hall–Kier alpha value is -1.43. The minimum Gasteiger partial charge on any atom is -0.338 e. The molecule has 1 aliphatic heterocycles. The van der Waals surface area contributed by atoms with E-state index in [4.69, 9.17) is 0 Å². The van der Waals surface area contributed by atoms with Gasteiger partial charge in [-0.2, -0.15) is 0 Å². The van der Waals surface area contributed by atoms with Gasteiger partial charge < -0.3 is 10.1 Å². The van der Waals surface area contributed by atoms with E-state index in [1.807, 2.05) is 4.90 Å². The van der Waals surface area contributed by atoms with Crippen LogP contribution in [0.1, 0.15) is 33.1 Å². The molecule has 1 atom stereocenters. The minimum atomic E-state index is -0.445. The van der Waals surface area contributed by atoms with Gasteiger partial charge in [0.05, 0.1) is 6.54 Å². The molecular formula is C14H25N3O3. The number of hydrogen-bond donors (Lipinski definition) is 2. The molecule has 0 aromatic rings. The van der Waals surface area contributed by atoms with Gasteiger partial charge in [0.2, 0.25) is 5.91 Å². The van der Waals surface area contributed by atoms with Gasteiger partial charge in [-0.05, 0) is 31.7 Å². The molecule has 0 aromatic heterocycles. The van der Waals surface area contributed by atoms with Crippen LogP contribution in [0.25, 0.3) is 0 Å². The van der Waals surface area contributed by atoms with E-state index in [9.17, 15) is 14.4 Å². The average Bonchev–Trinajstić information content (AvgIpc) is 2.38. The molecule has 0 bridgehead atoms. The van der Waals surface area contributed by atoms with Gasteiger partial charge in [-0.1, -0.05) is 13.8 Å². The highest BCUT2D eigenvalue weighted by Crippen LogP contribution is 2.13. The van der Waals surface area contributed by atoms with Crippen LogP contribution >= 0.6 is 0 Å². The van der Waals surface area contributed by atoms with Crippen LogP contribution in [0, 0.1) is 11.8 Å². The highest BCUT2D eigenvalue weighted by molar-refractivity contribution is 5.95. The number of imide groups is 1. The van der Waals surface area contributed by atoms with Crippen LogP contribution in [0.15, 0.2) is 0 Å². The molecule has 1 heterocycles. The number of carbonyl (C=O) groups is 3. The number of rotatable bonds is 6. The van der Waals surface area contributed by atoms with Crippen molar-refractivity contribution in [1.29, 1.82) is 0 Å². The van der Waals surface area contributed by atoms with Crippen LogP contribution in [-0.4, -0.2) is 49.3 Å². The molecule has 1 fully saturated rings. The summed E-state index contributed by atoms with van der Waals surface area (Å²) in [5, 5.41) is 4.97. The standard InChI is InChI=1S/C14H25N3O3/c1-11(2)5-6-15-14(20)16-13(19)9-17-7-3-4-12(8-17)10-18/h10-12H,3-9H2,1-2H3,(H2,15,16,19,20). The zero-order valence-corrected chi connectivity index (χ0v) is 12.4. The average molecular weight is 283 g/mol. The van der Waals surface area contributed by atoms with Crippen LogP contribution in [0.4, 0.5) is 4.79 Å². The van der Waals surface area contributed by atoms with Crippen LogP contribution in [-0.2, 0) is 9.59 Å². The number of hydrogen-bond acceptors (Lipinski definition) is 4. The lowest BCUT2D eigenvalue weighted by molar-refractivity contribution is -0.122. The maximum absolute atomic E-state index is 11.7. The molecule has 1 rings (SSSR count). The van der Waals surface area contributed by atoms with Crippen molar-refractivity contribution in [2.45, 2.75) is 33.1 Å². The predicted molar refractivity (Wildman–Crippen MR) is 76.2 cm³/mol. The van der Waals surface area contributed by atoms with E-state index in [2.05, 4.69) is 24.5 Å². The highest BCUT2D eigenvalue weighted by atomic mass is 16.2. The molecule has 0 saturated carbocycles. The molecule has 0 aliphatic carbocycles. The number of urea groups is 1. The third kappa shape index (κ3) is 6.65. The summed E-state index contributed by atoms with van der Waals surface area (Å²) in [6.07, 6.45) is 3.63. The SMILES string of the molecule is CC(C)CCNC(=O)NC(=O)CN1CCCC(C=O)C1. The van der Waals surface area contributed by atoms with Gasteiger partial charge in [0.1, 0.15) is 6.29 Å². The Kier molecular flexibility index (Phi) is 7.22. The number of aldehydes is 1. The molecule has 6 nitrogen and oxygen atoms in total. The Morgan fingerprint density at radius 1 is 1.40 bits per heavy atom. The normalized spacial score (nSPS) is 19.6. The Balaban J connectivity index is 2.22. The van der Waals surface area contributed by atoms with Gasteiger partial charge in [-0.3, -0.25) is 15.0 Å². The zero-order chi connectivity index (χ0) is 15.0. The molecule has 3 amide bonds. The summed E-state index contributed by atoms with van der Waals surface area (Å²) >= 11 is 0. The van der Waals surface area contributed by atoms with Crippen molar-refractivity contribution in [3.63, 3.8) is 0 Å². The van der Waals surface area contributed by atoms with Gasteiger partial charge >= 0.3 is 6.03 Å². The van der Waals surface area contributed by atoms with Crippen LogP contribution in [0.5, 0.6) is 0 Å². The van der Waals surface area contributed by atoms with Gasteiger partial charge in [-0.25, -0.2) is 4.79 Å². The summed E-state index contributed by atoms with van der Waals surface area (Å²) < 4.78 is 0. The number of nitrogens with zero attached hydrogens (tertiary/aromatic N) is 1. The molecule has 0 spiro atoms. The summed E-state index contributed by atoms with van der Waals surface area (Å²) in [5.74, 6) is 0.203. The molecule has 2 N–H and O–H groups in total. The number of likely N-dealkylation sites (tertiary alicyclic amines) is 1. The molecule has 0 aromatic carbocycles.